The molecule has 0 atom stereocenters. The van der Waals surface area contributed by atoms with E-state index in [1.54, 1.807) is 0 Å². The van der Waals surface area contributed by atoms with Gasteiger partial charge in [-0.05, 0) is 39.6 Å². The van der Waals surface area contributed by atoms with Crippen LogP contribution in [0.25, 0.3) is 0 Å². The topological polar surface area (TPSA) is 18.5 Å². The molecule has 0 fully saturated rings. The lowest BCUT2D eigenvalue weighted by molar-refractivity contribution is 0.111. The minimum Gasteiger partial charge on any atom is -0.520 e. The highest BCUT2D eigenvalue weighted by atomic mass is 28.4. The lowest BCUT2D eigenvalue weighted by Gasteiger charge is -2.20. The molecule has 0 bridgehead atoms. The molecule has 0 heterocycles. The highest BCUT2D eigenvalue weighted by Gasteiger charge is 2.17. The van der Waals surface area contributed by atoms with Crippen molar-refractivity contribution in [3.05, 3.63) is 12.0 Å². The first-order chi connectivity index (χ1) is 4.99. The van der Waals surface area contributed by atoms with E-state index in [9.17, 15) is 0 Å². The van der Waals surface area contributed by atoms with Gasteiger partial charge in [0.25, 0.3) is 5.95 Å². The quantitative estimate of drug-likeness (QED) is 0.482. The van der Waals surface area contributed by atoms with Gasteiger partial charge in [0.05, 0.1) is 6.61 Å². The van der Waals surface area contributed by atoms with Crippen LogP contribution in [0.3, 0.4) is 0 Å². The Hall–Kier alpha value is -0.443. The molecule has 0 saturated carbocycles. The van der Waals surface area contributed by atoms with Crippen LogP contribution in [-0.4, -0.2) is 14.9 Å². The lowest BCUT2D eigenvalue weighted by Crippen LogP contribution is -2.25. The SMILES string of the molecule is CC=C(OCC)O[Si](C)(C)C. The molecule has 0 aliphatic rings. The van der Waals surface area contributed by atoms with Gasteiger partial charge < -0.3 is 9.16 Å². The van der Waals surface area contributed by atoms with E-state index in [1.165, 1.54) is 0 Å². The third kappa shape index (κ3) is 5.98. The molecule has 66 valence electrons. The van der Waals surface area contributed by atoms with Gasteiger partial charge in [-0.25, -0.2) is 0 Å². The van der Waals surface area contributed by atoms with Crippen molar-refractivity contribution in [3.63, 3.8) is 0 Å². The highest BCUT2D eigenvalue weighted by molar-refractivity contribution is 6.69. The minimum absolute atomic E-state index is 0.671. The normalized spacial score (nSPS) is 13.0. The summed E-state index contributed by atoms with van der Waals surface area (Å²) >= 11 is 0. The summed E-state index contributed by atoms with van der Waals surface area (Å²) in [6.07, 6.45) is 1.86. The fourth-order valence-corrected chi connectivity index (χ4v) is 1.40. The number of hydrogen-bond donors (Lipinski definition) is 0. The summed E-state index contributed by atoms with van der Waals surface area (Å²) in [6.45, 7) is 11.0. The number of ether oxygens (including phenoxy) is 1. The van der Waals surface area contributed by atoms with Crippen LogP contribution < -0.4 is 0 Å². The first kappa shape index (κ1) is 10.6. The van der Waals surface area contributed by atoms with Gasteiger partial charge in [0.2, 0.25) is 8.32 Å². The van der Waals surface area contributed by atoms with Crippen molar-refractivity contribution in [1.29, 1.82) is 0 Å². The molecule has 0 aliphatic carbocycles. The standard InChI is InChI=1S/C8H18O2Si/c1-6-8(9-7-2)10-11(3,4)5/h6H,7H2,1-5H3. The summed E-state index contributed by atoms with van der Waals surface area (Å²) < 4.78 is 10.8. The first-order valence-corrected chi connectivity index (χ1v) is 7.38. The van der Waals surface area contributed by atoms with E-state index in [0.29, 0.717) is 12.6 Å². The summed E-state index contributed by atoms with van der Waals surface area (Å²) in [5, 5.41) is 0. The molecule has 0 radical (unpaired) electrons. The maximum absolute atomic E-state index is 5.61. The number of allylic oxidation sites excluding steroid dienone is 1. The van der Waals surface area contributed by atoms with Crippen molar-refractivity contribution in [1.82, 2.24) is 0 Å². The van der Waals surface area contributed by atoms with Crippen LogP contribution in [0.2, 0.25) is 19.6 Å². The number of rotatable bonds is 4. The van der Waals surface area contributed by atoms with Crippen LogP contribution in [-0.2, 0) is 9.16 Å². The van der Waals surface area contributed by atoms with Crippen molar-refractivity contribution in [2.24, 2.45) is 0 Å². The molecule has 11 heavy (non-hydrogen) atoms. The lowest BCUT2D eigenvalue weighted by atomic mass is 10.7. The van der Waals surface area contributed by atoms with Crippen molar-refractivity contribution in [2.75, 3.05) is 6.61 Å². The van der Waals surface area contributed by atoms with Crippen molar-refractivity contribution < 1.29 is 9.16 Å². The first-order valence-electron chi connectivity index (χ1n) is 3.97. The second-order valence-electron chi connectivity index (χ2n) is 3.26. The molecule has 0 spiro atoms. The third-order valence-electron chi connectivity index (χ3n) is 0.929. The fraction of sp³-hybridized carbons (Fsp3) is 0.750. The molecule has 0 amide bonds. The van der Waals surface area contributed by atoms with E-state index < -0.39 is 8.32 Å². The summed E-state index contributed by atoms with van der Waals surface area (Å²) in [5.41, 5.74) is 0. The molecular formula is C8H18O2Si. The Morgan fingerprint density at radius 2 is 1.91 bits per heavy atom. The monoisotopic (exact) mass is 174 g/mol. The molecule has 0 N–H and O–H groups in total. The molecule has 0 aromatic carbocycles. The van der Waals surface area contributed by atoms with Gasteiger partial charge in [0, 0.05) is 0 Å². The fourth-order valence-electron chi connectivity index (χ4n) is 0.616. The van der Waals surface area contributed by atoms with E-state index in [1.807, 2.05) is 19.9 Å². The van der Waals surface area contributed by atoms with Gasteiger partial charge in [-0.15, -0.1) is 0 Å². The van der Waals surface area contributed by atoms with Crippen LogP contribution in [0.5, 0.6) is 0 Å². The summed E-state index contributed by atoms with van der Waals surface area (Å²) in [5.74, 6) is 0.673. The van der Waals surface area contributed by atoms with Crippen molar-refractivity contribution in [2.45, 2.75) is 33.5 Å². The zero-order valence-electron chi connectivity index (χ0n) is 8.10. The predicted octanol–water partition coefficient (Wildman–Crippen LogP) is 2.74. The predicted molar refractivity (Wildman–Crippen MR) is 49.8 cm³/mol. The van der Waals surface area contributed by atoms with E-state index in [4.69, 9.17) is 9.16 Å². The van der Waals surface area contributed by atoms with Gasteiger partial charge in [-0.2, -0.15) is 0 Å². The Balaban J connectivity index is 3.90. The van der Waals surface area contributed by atoms with E-state index >= 15 is 0 Å². The smallest absolute Gasteiger partial charge is 0.260 e. The molecule has 0 unspecified atom stereocenters. The molecule has 0 aromatic rings. The average Bonchev–Trinajstić information content (AvgIpc) is 1.84. The van der Waals surface area contributed by atoms with Crippen LogP contribution in [0.15, 0.2) is 12.0 Å². The number of hydrogen-bond acceptors (Lipinski definition) is 2. The molecule has 3 heteroatoms. The second-order valence-corrected chi connectivity index (χ2v) is 7.68. The van der Waals surface area contributed by atoms with Gasteiger partial charge in [-0.3, -0.25) is 0 Å². The summed E-state index contributed by atoms with van der Waals surface area (Å²) in [6, 6.07) is 0. The third-order valence-corrected chi connectivity index (χ3v) is 1.74. The van der Waals surface area contributed by atoms with Crippen molar-refractivity contribution in [3.8, 4) is 0 Å². The van der Waals surface area contributed by atoms with Crippen LogP contribution in [0.4, 0.5) is 0 Å². The molecular weight excluding hydrogens is 156 g/mol. The largest absolute Gasteiger partial charge is 0.520 e. The van der Waals surface area contributed by atoms with Gasteiger partial charge in [-0.1, -0.05) is 0 Å². The van der Waals surface area contributed by atoms with Gasteiger partial charge in [0.15, 0.2) is 0 Å². The van der Waals surface area contributed by atoms with Crippen molar-refractivity contribution >= 4 is 8.32 Å². The van der Waals surface area contributed by atoms with Crippen LogP contribution in [0.1, 0.15) is 13.8 Å². The van der Waals surface area contributed by atoms with Gasteiger partial charge >= 0.3 is 0 Å². The Kier molecular flexibility index (Phi) is 4.26. The summed E-state index contributed by atoms with van der Waals surface area (Å²) in [7, 11) is -1.47. The van der Waals surface area contributed by atoms with E-state index in [2.05, 4.69) is 19.6 Å². The summed E-state index contributed by atoms with van der Waals surface area (Å²) in [4.78, 5) is 0. The van der Waals surface area contributed by atoms with Gasteiger partial charge in [0.1, 0.15) is 0 Å². The highest BCUT2D eigenvalue weighted by Crippen LogP contribution is 2.10. The molecule has 0 saturated heterocycles. The molecule has 2 nitrogen and oxygen atoms in total. The maximum Gasteiger partial charge on any atom is 0.260 e. The maximum atomic E-state index is 5.61. The Bertz CT molecular complexity index is 136. The molecule has 0 rings (SSSR count). The molecule has 0 aromatic heterocycles. The second kappa shape index (κ2) is 4.44. The van der Waals surface area contributed by atoms with E-state index in [-0.39, 0.29) is 0 Å². The zero-order chi connectivity index (χ0) is 8.91. The Morgan fingerprint density at radius 1 is 1.36 bits per heavy atom. The Labute approximate surface area is 70.3 Å². The van der Waals surface area contributed by atoms with E-state index in [0.717, 1.165) is 0 Å². The Morgan fingerprint density at radius 3 is 2.18 bits per heavy atom. The van der Waals surface area contributed by atoms with Crippen LogP contribution in [0, 0.1) is 0 Å². The zero-order valence-corrected chi connectivity index (χ0v) is 9.10. The molecule has 0 aliphatic heterocycles. The minimum atomic E-state index is -1.47. The average molecular weight is 174 g/mol. The van der Waals surface area contributed by atoms with Crippen LogP contribution >= 0.6 is 0 Å².